The van der Waals surface area contributed by atoms with Gasteiger partial charge in [-0.3, -0.25) is 9.20 Å². The summed E-state index contributed by atoms with van der Waals surface area (Å²) in [7, 11) is 0. The molecule has 1 aromatic carbocycles. The average Bonchev–Trinajstić information content (AvgIpc) is 2.97. The average molecular weight is 309 g/mol. The van der Waals surface area contributed by atoms with Gasteiger partial charge in [-0.2, -0.15) is 0 Å². The number of aromatic nitrogens is 4. The van der Waals surface area contributed by atoms with Crippen LogP contribution in [0.25, 0.3) is 5.78 Å². The monoisotopic (exact) mass is 309 g/mol. The van der Waals surface area contributed by atoms with E-state index in [-0.39, 0.29) is 18.3 Å². The van der Waals surface area contributed by atoms with E-state index in [2.05, 4.69) is 15.2 Å². The number of carbonyl (C=O) groups excluding carboxylic acids is 1. The van der Waals surface area contributed by atoms with Crippen molar-refractivity contribution < 1.29 is 9.90 Å². The third-order valence-corrected chi connectivity index (χ3v) is 4.07. The van der Waals surface area contributed by atoms with Gasteiger partial charge >= 0.3 is 0 Å². The first-order valence-corrected chi connectivity index (χ1v) is 7.37. The van der Waals surface area contributed by atoms with Gasteiger partial charge in [-0.25, -0.2) is 4.98 Å². The summed E-state index contributed by atoms with van der Waals surface area (Å²) in [5.74, 6) is 0.335. The molecule has 1 N–H and O–H groups in total. The second-order valence-electron chi connectivity index (χ2n) is 5.66. The van der Waals surface area contributed by atoms with Gasteiger partial charge in [0.05, 0.1) is 12.6 Å². The molecule has 0 unspecified atom stereocenters. The summed E-state index contributed by atoms with van der Waals surface area (Å²) < 4.78 is 1.57. The first kappa shape index (κ1) is 13.8. The van der Waals surface area contributed by atoms with Crippen molar-refractivity contribution in [3.8, 4) is 0 Å². The van der Waals surface area contributed by atoms with Crippen molar-refractivity contribution in [1.82, 2.24) is 24.5 Å². The van der Waals surface area contributed by atoms with Crippen LogP contribution in [0, 0.1) is 6.92 Å². The Hall–Kier alpha value is -2.80. The van der Waals surface area contributed by atoms with Crippen molar-refractivity contribution in [3.63, 3.8) is 0 Å². The maximum Gasteiger partial charge on any atom is 0.292 e. The van der Waals surface area contributed by atoms with Crippen LogP contribution in [0.1, 0.15) is 33.5 Å². The molecule has 3 aromatic rings. The minimum Gasteiger partial charge on any atom is -0.387 e. The Balaban J connectivity index is 1.69. The SMILES string of the molecule is Cc1ccn2c(C(=O)N3Cc4ccccc4[C@H](O)C3)nnc2n1. The van der Waals surface area contributed by atoms with Crippen LogP contribution in [0.15, 0.2) is 36.5 Å². The molecule has 3 heterocycles. The molecule has 23 heavy (non-hydrogen) atoms. The molecule has 0 saturated heterocycles. The number of hydrogen-bond donors (Lipinski definition) is 1. The number of hydrogen-bond acceptors (Lipinski definition) is 5. The van der Waals surface area contributed by atoms with Crippen molar-refractivity contribution in [2.45, 2.75) is 19.6 Å². The molecule has 7 heteroatoms. The van der Waals surface area contributed by atoms with Crippen LogP contribution in [-0.4, -0.2) is 42.0 Å². The van der Waals surface area contributed by atoms with Gasteiger partial charge in [0.15, 0.2) is 0 Å². The van der Waals surface area contributed by atoms with Gasteiger partial charge < -0.3 is 10.0 Å². The fourth-order valence-electron chi connectivity index (χ4n) is 2.90. The van der Waals surface area contributed by atoms with Crippen LogP contribution in [0.3, 0.4) is 0 Å². The van der Waals surface area contributed by atoms with E-state index in [1.165, 1.54) is 0 Å². The lowest BCUT2D eigenvalue weighted by Crippen LogP contribution is -2.39. The number of aliphatic hydroxyl groups excluding tert-OH is 1. The van der Waals surface area contributed by atoms with Crippen molar-refractivity contribution in [3.05, 3.63) is 59.2 Å². The Morgan fingerprint density at radius 2 is 2.09 bits per heavy atom. The summed E-state index contributed by atoms with van der Waals surface area (Å²) in [4.78, 5) is 18.6. The Morgan fingerprint density at radius 1 is 1.26 bits per heavy atom. The van der Waals surface area contributed by atoms with E-state index in [0.717, 1.165) is 16.8 Å². The Morgan fingerprint density at radius 3 is 2.96 bits per heavy atom. The quantitative estimate of drug-likeness (QED) is 0.728. The van der Waals surface area contributed by atoms with Crippen molar-refractivity contribution >= 4 is 11.7 Å². The zero-order valence-corrected chi connectivity index (χ0v) is 12.5. The van der Waals surface area contributed by atoms with Crippen LogP contribution in [0.2, 0.25) is 0 Å². The lowest BCUT2D eigenvalue weighted by atomic mass is 9.97. The summed E-state index contributed by atoms with van der Waals surface area (Å²) in [5.41, 5.74) is 2.63. The number of aliphatic hydroxyl groups is 1. The second kappa shape index (κ2) is 5.13. The zero-order chi connectivity index (χ0) is 16.0. The molecule has 7 nitrogen and oxygen atoms in total. The van der Waals surface area contributed by atoms with Gasteiger partial charge in [-0.1, -0.05) is 24.3 Å². The number of benzene rings is 1. The molecule has 1 aliphatic heterocycles. The predicted octanol–water partition coefficient (Wildman–Crippen LogP) is 1.12. The van der Waals surface area contributed by atoms with Crippen LogP contribution in [-0.2, 0) is 6.54 Å². The highest BCUT2D eigenvalue weighted by molar-refractivity contribution is 5.91. The summed E-state index contributed by atoms with van der Waals surface area (Å²) in [6.07, 6.45) is 1.04. The summed E-state index contributed by atoms with van der Waals surface area (Å²) in [5, 5.41) is 18.2. The Bertz CT molecular complexity index is 904. The maximum atomic E-state index is 12.8. The van der Waals surface area contributed by atoms with Crippen molar-refractivity contribution in [1.29, 1.82) is 0 Å². The molecule has 0 saturated carbocycles. The number of fused-ring (bicyclic) bond motifs is 2. The number of carbonyl (C=O) groups is 1. The van der Waals surface area contributed by atoms with E-state index in [1.54, 1.807) is 21.6 Å². The van der Waals surface area contributed by atoms with Crippen LogP contribution >= 0.6 is 0 Å². The summed E-state index contributed by atoms with van der Waals surface area (Å²) in [6.45, 7) is 2.54. The zero-order valence-electron chi connectivity index (χ0n) is 12.5. The third-order valence-electron chi connectivity index (χ3n) is 4.07. The molecular formula is C16H15N5O2. The molecule has 0 fully saturated rings. The third kappa shape index (κ3) is 2.25. The number of β-amino-alcohol motifs (C(OH)–C–C–N with tert-alkyl or cyclic N) is 1. The fourth-order valence-corrected chi connectivity index (χ4v) is 2.90. The van der Waals surface area contributed by atoms with Gasteiger partial charge in [0.25, 0.3) is 11.7 Å². The van der Waals surface area contributed by atoms with E-state index in [9.17, 15) is 9.90 Å². The number of amides is 1. The van der Waals surface area contributed by atoms with Gasteiger partial charge in [-0.05, 0) is 24.1 Å². The van der Waals surface area contributed by atoms with Gasteiger partial charge in [-0.15, -0.1) is 10.2 Å². The predicted molar refractivity (Wildman–Crippen MR) is 81.7 cm³/mol. The molecule has 0 spiro atoms. The molecule has 0 aliphatic carbocycles. The molecular weight excluding hydrogens is 294 g/mol. The Kier molecular flexibility index (Phi) is 3.09. The smallest absolute Gasteiger partial charge is 0.292 e. The van der Waals surface area contributed by atoms with E-state index >= 15 is 0 Å². The standard InChI is InChI=1S/C16H15N5O2/c1-10-6-7-21-14(18-19-16(21)17-10)15(23)20-8-11-4-2-3-5-12(11)13(22)9-20/h2-7,13,22H,8-9H2,1H3/t13-/m1/s1. The molecule has 0 bridgehead atoms. The van der Waals surface area contributed by atoms with Crippen LogP contribution < -0.4 is 0 Å². The van der Waals surface area contributed by atoms with Crippen molar-refractivity contribution in [2.24, 2.45) is 0 Å². The maximum absolute atomic E-state index is 12.8. The molecule has 0 radical (unpaired) electrons. The largest absolute Gasteiger partial charge is 0.387 e. The van der Waals surface area contributed by atoms with E-state index in [0.29, 0.717) is 12.3 Å². The summed E-state index contributed by atoms with van der Waals surface area (Å²) in [6, 6.07) is 9.40. The van der Waals surface area contributed by atoms with E-state index < -0.39 is 6.10 Å². The Labute approximate surface area is 132 Å². The van der Waals surface area contributed by atoms with Crippen LogP contribution in [0.4, 0.5) is 0 Å². The molecule has 1 amide bonds. The molecule has 1 aliphatic rings. The topological polar surface area (TPSA) is 83.6 Å². The van der Waals surface area contributed by atoms with Gasteiger partial charge in [0.1, 0.15) is 0 Å². The summed E-state index contributed by atoms with van der Waals surface area (Å²) >= 11 is 0. The van der Waals surface area contributed by atoms with Crippen molar-refractivity contribution in [2.75, 3.05) is 6.54 Å². The lowest BCUT2D eigenvalue weighted by molar-refractivity contribution is 0.0537. The minimum absolute atomic E-state index is 0.207. The number of nitrogens with zero attached hydrogens (tertiary/aromatic N) is 5. The van der Waals surface area contributed by atoms with Crippen LogP contribution in [0.5, 0.6) is 0 Å². The highest BCUT2D eigenvalue weighted by Gasteiger charge is 2.29. The van der Waals surface area contributed by atoms with E-state index in [4.69, 9.17) is 0 Å². The minimum atomic E-state index is -0.691. The molecule has 116 valence electrons. The molecule has 4 rings (SSSR count). The highest BCUT2D eigenvalue weighted by Crippen LogP contribution is 2.27. The second-order valence-corrected chi connectivity index (χ2v) is 5.66. The first-order valence-electron chi connectivity index (χ1n) is 7.37. The first-order chi connectivity index (χ1) is 11.1. The fraction of sp³-hybridized carbons (Fsp3) is 0.250. The van der Waals surface area contributed by atoms with E-state index in [1.807, 2.05) is 31.2 Å². The van der Waals surface area contributed by atoms with Gasteiger partial charge in [0.2, 0.25) is 5.82 Å². The lowest BCUT2D eigenvalue weighted by Gasteiger charge is -2.31. The number of rotatable bonds is 1. The van der Waals surface area contributed by atoms with Gasteiger partial charge in [0, 0.05) is 18.4 Å². The molecule has 1 atom stereocenters. The highest BCUT2D eigenvalue weighted by atomic mass is 16.3. The molecule has 2 aromatic heterocycles. The normalized spacial score (nSPS) is 17.3. The number of aryl methyl sites for hydroxylation is 1.